The zero-order valence-corrected chi connectivity index (χ0v) is 20.9. The van der Waals surface area contributed by atoms with Gasteiger partial charge >= 0.3 is 0 Å². The van der Waals surface area contributed by atoms with E-state index in [4.69, 9.17) is 22.6 Å². The molecule has 7 heteroatoms. The molecule has 2 heterocycles. The SMILES string of the molecule is C/N=C(\C(=C1\C=C(C2NNC(=S)N2Cc2ccccc2)SC1=N)C1C=C=CC=C1)c1ccccc1. The third kappa shape index (κ3) is 4.85. The molecule has 2 aliphatic heterocycles. The van der Waals surface area contributed by atoms with E-state index >= 15 is 0 Å². The molecule has 1 saturated heterocycles. The number of hydrogen-bond acceptors (Lipinski definition) is 5. The summed E-state index contributed by atoms with van der Waals surface area (Å²) in [6.45, 7) is 0.673. The Morgan fingerprint density at radius 1 is 1.14 bits per heavy atom. The maximum atomic E-state index is 8.95. The van der Waals surface area contributed by atoms with E-state index in [1.165, 1.54) is 17.3 Å². The van der Waals surface area contributed by atoms with E-state index in [-0.39, 0.29) is 12.1 Å². The van der Waals surface area contributed by atoms with Gasteiger partial charge in [0.05, 0.1) is 10.8 Å². The fourth-order valence-corrected chi connectivity index (χ4v) is 5.62. The van der Waals surface area contributed by atoms with Crippen LogP contribution in [0.5, 0.6) is 0 Å². The number of allylic oxidation sites excluding steroid dienone is 5. The Morgan fingerprint density at radius 3 is 2.57 bits per heavy atom. The highest BCUT2D eigenvalue weighted by Gasteiger charge is 2.36. The number of thioether (sulfide) groups is 1. The normalized spacial score (nSPS) is 23.1. The molecule has 0 saturated carbocycles. The Morgan fingerprint density at radius 2 is 1.89 bits per heavy atom. The van der Waals surface area contributed by atoms with Crippen LogP contribution in [-0.2, 0) is 6.54 Å². The number of aliphatic imine (C=N–C) groups is 1. The predicted octanol–water partition coefficient (Wildman–Crippen LogP) is 5.13. The van der Waals surface area contributed by atoms with E-state index in [2.05, 4.69) is 57.9 Å². The molecule has 1 aliphatic carbocycles. The minimum atomic E-state index is -0.164. The highest BCUT2D eigenvalue weighted by atomic mass is 32.2. The Labute approximate surface area is 215 Å². The topological polar surface area (TPSA) is 63.5 Å². The smallest absolute Gasteiger partial charge is 0.185 e. The maximum Gasteiger partial charge on any atom is 0.185 e. The number of rotatable bonds is 6. The lowest BCUT2D eigenvalue weighted by Gasteiger charge is -2.24. The van der Waals surface area contributed by atoms with Gasteiger partial charge in [-0.25, -0.2) is 5.43 Å². The van der Waals surface area contributed by atoms with E-state index < -0.39 is 0 Å². The Hall–Kier alpha value is -3.48. The van der Waals surface area contributed by atoms with Crippen LogP contribution in [0.1, 0.15) is 11.1 Å². The highest BCUT2D eigenvalue weighted by molar-refractivity contribution is 8.18. The van der Waals surface area contributed by atoms with Gasteiger partial charge in [0.2, 0.25) is 0 Å². The molecule has 2 unspecified atom stereocenters. The first-order valence-corrected chi connectivity index (χ1v) is 12.6. The molecule has 0 bridgehead atoms. The van der Waals surface area contributed by atoms with Crippen LogP contribution in [0.3, 0.4) is 0 Å². The average Bonchev–Trinajstić information content (AvgIpc) is 3.46. The van der Waals surface area contributed by atoms with Gasteiger partial charge in [0.1, 0.15) is 6.17 Å². The zero-order valence-electron chi connectivity index (χ0n) is 19.2. The second-order valence-electron chi connectivity index (χ2n) is 8.24. The molecule has 35 heavy (non-hydrogen) atoms. The maximum absolute atomic E-state index is 8.95. The highest BCUT2D eigenvalue weighted by Crippen LogP contribution is 2.39. The van der Waals surface area contributed by atoms with Crippen LogP contribution in [-0.4, -0.2) is 34.0 Å². The minimum absolute atomic E-state index is 0.0263. The van der Waals surface area contributed by atoms with Crippen molar-refractivity contribution in [3.63, 3.8) is 0 Å². The van der Waals surface area contributed by atoms with Crippen molar-refractivity contribution < 1.29 is 0 Å². The molecule has 2 atom stereocenters. The van der Waals surface area contributed by atoms with E-state index in [1.54, 1.807) is 0 Å². The fourth-order valence-electron chi connectivity index (χ4n) is 4.40. The van der Waals surface area contributed by atoms with E-state index in [9.17, 15) is 0 Å². The summed E-state index contributed by atoms with van der Waals surface area (Å²) in [6, 6.07) is 20.4. The van der Waals surface area contributed by atoms with Crippen molar-refractivity contribution in [2.75, 3.05) is 7.05 Å². The summed E-state index contributed by atoms with van der Waals surface area (Å²) in [7, 11) is 1.81. The number of nitrogens with one attached hydrogen (secondary N) is 3. The van der Waals surface area contributed by atoms with Gasteiger partial charge in [0, 0.05) is 30.0 Å². The van der Waals surface area contributed by atoms with Crippen molar-refractivity contribution in [2.45, 2.75) is 12.7 Å². The van der Waals surface area contributed by atoms with Crippen LogP contribution in [0, 0.1) is 11.3 Å². The molecule has 2 aromatic rings. The van der Waals surface area contributed by atoms with Crippen LogP contribution >= 0.6 is 24.0 Å². The van der Waals surface area contributed by atoms with Gasteiger partial charge in [-0.05, 0) is 47.1 Å². The summed E-state index contributed by atoms with van der Waals surface area (Å²) in [5.41, 5.74) is 14.6. The summed E-state index contributed by atoms with van der Waals surface area (Å²) in [5.74, 6) is -0.0263. The monoisotopic (exact) mass is 495 g/mol. The van der Waals surface area contributed by atoms with Gasteiger partial charge in [-0.1, -0.05) is 84.6 Å². The van der Waals surface area contributed by atoms with Crippen LogP contribution in [0.4, 0.5) is 0 Å². The van der Waals surface area contributed by atoms with Gasteiger partial charge < -0.3 is 4.90 Å². The third-order valence-electron chi connectivity index (χ3n) is 6.04. The van der Waals surface area contributed by atoms with E-state index in [0.29, 0.717) is 16.7 Å². The van der Waals surface area contributed by atoms with Crippen molar-refractivity contribution in [1.82, 2.24) is 15.8 Å². The molecule has 3 N–H and O–H groups in total. The van der Waals surface area contributed by atoms with Gasteiger partial charge in [-0.2, -0.15) is 0 Å². The van der Waals surface area contributed by atoms with Gasteiger partial charge in [0.25, 0.3) is 0 Å². The number of thiocarbonyl (C=S) groups is 1. The molecule has 0 aromatic heterocycles. The first kappa shape index (κ1) is 23.3. The second kappa shape index (κ2) is 10.4. The average molecular weight is 496 g/mol. The molecule has 5 rings (SSSR count). The minimum Gasteiger partial charge on any atom is -0.322 e. The lowest BCUT2D eigenvalue weighted by atomic mass is 9.85. The lowest BCUT2D eigenvalue weighted by Crippen LogP contribution is -2.37. The Kier molecular flexibility index (Phi) is 6.93. The number of hydrazine groups is 1. The van der Waals surface area contributed by atoms with Gasteiger partial charge in [0.15, 0.2) is 5.11 Å². The van der Waals surface area contributed by atoms with Crippen molar-refractivity contribution in [1.29, 1.82) is 5.41 Å². The zero-order chi connectivity index (χ0) is 24.2. The molecular weight excluding hydrogens is 470 g/mol. The predicted molar refractivity (Wildman–Crippen MR) is 149 cm³/mol. The van der Waals surface area contributed by atoms with Crippen LogP contribution in [0.2, 0.25) is 0 Å². The molecule has 3 aliphatic rings. The first-order chi connectivity index (χ1) is 17.2. The van der Waals surface area contributed by atoms with Crippen LogP contribution in [0.15, 0.2) is 118 Å². The van der Waals surface area contributed by atoms with Crippen molar-refractivity contribution in [3.05, 3.63) is 124 Å². The molecule has 5 nitrogen and oxygen atoms in total. The first-order valence-electron chi connectivity index (χ1n) is 11.4. The van der Waals surface area contributed by atoms with Crippen molar-refractivity contribution >= 4 is 39.8 Å². The molecule has 0 amide bonds. The van der Waals surface area contributed by atoms with Gasteiger partial charge in [-0.15, -0.1) is 5.73 Å². The number of benzene rings is 2. The Balaban J connectivity index is 1.56. The summed E-state index contributed by atoms with van der Waals surface area (Å²) in [4.78, 5) is 7.83. The second-order valence-corrected chi connectivity index (χ2v) is 9.72. The molecule has 2 aromatic carbocycles. The molecular formula is C28H25N5S2. The fraction of sp³-hybridized carbons (Fsp3) is 0.143. The summed E-state index contributed by atoms with van der Waals surface area (Å²) in [5, 5.41) is 10.1. The van der Waals surface area contributed by atoms with Gasteiger partial charge in [-0.3, -0.25) is 15.8 Å². The third-order valence-corrected chi connectivity index (χ3v) is 7.38. The Bertz CT molecular complexity index is 1330. The number of hydrogen-bond donors (Lipinski definition) is 3. The molecule has 0 radical (unpaired) electrons. The van der Waals surface area contributed by atoms with Crippen molar-refractivity contribution in [2.24, 2.45) is 10.9 Å². The molecule has 0 spiro atoms. The standard InChI is InChI=1S/C28H25N5S2/c1-30-25(21-15-9-4-10-16-21)24(20-13-7-3-8-14-20)22-17-23(35-26(22)29)27-31-32-28(34)33(27)18-19-11-5-2-6-12-19/h2-7,9-17,20,27,29,31H,18H2,1H3,(H,32,34)/b24-22-,29-26?,30-25-. The summed E-state index contributed by atoms with van der Waals surface area (Å²) < 4.78 is 0. The van der Waals surface area contributed by atoms with Crippen LogP contribution < -0.4 is 10.9 Å². The quantitative estimate of drug-likeness (QED) is 0.295. The van der Waals surface area contributed by atoms with E-state index in [0.717, 1.165) is 27.3 Å². The molecule has 174 valence electrons. The summed E-state index contributed by atoms with van der Waals surface area (Å²) >= 11 is 7.06. The lowest BCUT2D eigenvalue weighted by molar-refractivity contribution is 0.352. The molecule has 1 fully saturated rings. The largest absolute Gasteiger partial charge is 0.322 e. The summed E-state index contributed by atoms with van der Waals surface area (Å²) in [6.07, 6.45) is 10.0. The van der Waals surface area contributed by atoms with E-state index in [1.807, 2.05) is 61.7 Å². The van der Waals surface area contributed by atoms with Crippen LogP contribution in [0.25, 0.3) is 0 Å². The van der Waals surface area contributed by atoms with Crippen molar-refractivity contribution in [3.8, 4) is 0 Å². The number of nitrogens with zero attached hydrogens (tertiary/aromatic N) is 2.